The van der Waals surface area contributed by atoms with E-state index in [1.54, 1.807) is 30.3 Å². The molecule has 1 aliphatic heterocycles. The lowest BCUT2D eigenvalue weighted by molar-refractivity contribution is -0.127. The minimum absolute atomic E-state index is 0.195. The fraction of sp³-hybridized carbons (Fsp3) is 0.105. The standard InChI is InChI=1S/C19H14BrClN2O4S/c20-13-3-6-15(27-10-11-1-4-14(21)5-2-11)12(7-13)8-16-18(25)23(9-17(22)24)19(26)28-16/h1-8H,9-10H2,(H2,22,24)/b16-8-. The van der Waals surface area contributed by atoms with E-state index in [1.165, 1.54) is 0 Å². The van der Waals surface area contributed by atoms with Crippen molar-refractivity contribution < 1.29 is 19.1 Å². The molecular formula is C19H14BrClN2O4S. The van der Waals surface area contributed by atoms with Crippen LogP contribution < -0.4 is 10.5 Å². The second kappa shape index (κ2) is 8.81. The number of amides is 3. The molecule has 2 N–H and O–H groups in total. The molecule has 1 heterocycles. The van der Waals surface area contributed by atoms with Crippen LogP contribution in [-0.2, 0) is 16.2 Å². The zero-order valence-electron chi connectivity index (χ0n) is 14.4. The van der Waals surface area contributed by atoms with E-state index in [9.17, 15) is 14.4 Å². The summed E-state index contributed by atoms with van der Waals surface area (Å²) in [6.45, 7) is -0.136. The largest absolute Gasteiger partial charge is 0.488 e. The van der Waals surface area contributed by atoms with Gasteiger partial charge in [-0.2, -0.15) is 0 Å². The van der Waals surface area contributed by atoms with Crippen molar-refractivity contribution in [1.29, 1.82) is 0 Å². The van der Waals surface area contributed by atoms with Crippen molar-refractivity contribution >= 4 is 62.4 Å². The predicted octanol–water partition coefficient (Wildman–Crippen LogP) is 4.20. The second-order valence-electron chi connectivity index (χ2n) is 5.83. The Labute approximate surface area is 178 Å². The third-order valence-electron chi connectivity index (χ3n) is 3.75. The molecule has 2 aromatic carbocycles. The summed E-state index contributed by atoms with van der Waals surface area (Å²) in [4.78, 5) is 36.5. The number of primary amides is 1. The van der Waals surface area contributed by atoms with Crippen LogP contribution >= 0.6 is 39.3 Å². The average molecular weight is 482 g/mol. The quantitative estimate of drug-likeness (QED) is 0.625. The van der Waals surface area contributed by atoms with Crippen LogP contribution in [-0.4, -0.2) is 28.5 Å². The van der Waals surface area contributed by atoms with Crippen molar-refractivity contribution in [2.75, 3.05) is 6.54 Å². The van der Waals surface area contributed by atoms with Gasteiger partial charge in [-0.3, -0.25) is 19.3 Å². The van der Waals surface area contributed by atoms with E-state index in [0.29, 0.717) is 22.9 Å². The highest BCUT2D eigenvalue weighted by molar-refractivity contribution is 9.10. The van der Waals surface area contributed by atoms with E-state index in [1.807, 2.05) is 18.2 Å². The Balaban J connectivity index is 1.83. The number of hydrogen-bond donors (Lipinski definition) is 1. The van der Waals surface area contributed by atoms with Gasteiger partial charge in [0.2, 0.25) is 5.91 Å². The summed E-state index contributed by atoms with van der Waals surface area (Å²) in [5.41, 5.74) is 6.64. The number of nitrogens with zero attached hydrogens (tertiary/aromatic N) is 1. The van der Waals surface area contributed by atoms with Gasteiger partial charge in [-0.05, 0) is 53.7 Å². The number of rotatable bonds is 6. The first kappa shape index (κ1) is 20.4. The summed E-state index contributed by atoms with van der Waals surface area (Å²) in [5.74, 6) is -0.768. The molecular weight excluding hydrogens is 468 g/mol. The number of thioether (sulfide) groups is 1. The Kier molecular flexibility index (Phi) is 6.43. The summed E-state index contributed by atoms with van der Waals surface area (Å²) < 4.78 is 6.67. The van der Waals surface area contributed by atoms with E-state index in [2.05, 4.69) is 15.9 Å². The third-order valence-corrected chi connectivity index (χ3v) is 5.41. The lowest BCUT2D eigenvalue weighted by Gasteiger charge is -2.11. The molecule has 28 heavy (non-hydrogen) atoms. The van der Waals surface area contributed by atoms with Crippen LogP contribution in [0.4, 0.5) is 4.79 Å². The minimum atomic E-state index is -0.752. The molecule has 144 valence electrons. The molecule has 0 radical (unpaired) electrons. The van der Waals surface area contributed by atoms with Gasteiger partial charge in [-0.1, -0.05) is 39.7 Å². The summed E-state index contributed by atoms with van der Waals surface area (Å²) in [5, 5.41) is 0.105. The Morgan fingerprint density at radius 2 is 1.93 bits per heavy atom. The zero-order chi connectivity index (χ0) is 20.3. The van der Waals surface area contributed by atoms with E-state index >= 15 is 0 Å². The maximum atomic E-state index is 12.4. The average Bonchev–Trinajstić information content (AvgIpc) is 2.89. The summed E-state index contributed by atoms with van der Waals surface area (Å²) >= 11 is 10.0. The zero-order valence-corrected chi connectivity index (χ0v) is 17.5. The molecule has 9 heteroatoms. The van der Waals surface area contributed by atoms with Crippen LogP contribution in [0.1, 0.15) is 11.1 Å². The second-order valence-corrected chi connectivity index (χ2v) is 8.18. The van der Waals surface area contributed by atoms with Crippen LogP contribution in [0.25, 0.3) is 6.08 Å². The van der Waals surface area contributed by atoms with Gasteiger partial charge in [0, 0.05) is 15.1 Å². The van der Waals surface area contributed by atoms with Gasteiger partial charge < -0.3 is 10.5 Å². The topological polar surface area (TPSA) is 89.7 Å². The fourth-order valence-electron chi connectivity index (χ4n) is 2.44. The van der Waals surface area contributed by atoms with Gasteiger partial charge in [0.1, 0.15) is 18.9 Å². The number of carbonyl (C=O) groups is 3. The molecule has 0 atom stereocenters. The van der Waals surface area contributed by atoms with Gasteiger partial charge in [-0.25, -0.2) is 0 Å². The van der Waals surface area contributed by atoms with Crippen molar-refractivity contribution in [1.82, 2.24) is 4.90 Å². The van der Waals surface area contributed by atoms with Crippen LogP contribution in [0.3, 0.4) is 0 Å². The molecule has 2 aromatic rings. The molecule has 0 aromatic heterocycles. The van der Waals surface area contributed by atoms with Crippen LogP contribution in [0.5, 0.6) is 5.75 Å². The number of halogens is 2. The first-order chi connectivity index (χ1) is 13.3. The maximum Gasteiger partial charge on any atom is 0.294 e. The normalized spacial score (nSPS) is 15.4. The van der Waals surface area contributed by atoms with E-state index in [0.717, 1.165) is 26.7 Å². The van der Waals surface area contributed by atoms with Crippen molar-refractivity contribution in [3.05, 3.63) is 68.0 Å². The molecule has 6 nitrogen and oxygen atoms in total. The van der Waals surface area contributed by atoms with Crippen molar-refractivity contribution in [2.45, 2.75) is 6.61 Å². The Bertz CT molecular complexity index is 978. The van der Waals surface area contributed by atoms with E-state index < -0.39 is 23.6 Å². The van der Waals surface area contributed by atoms with E-state index in [-0.39, 0.29) is 4.91 Å². The Hall–Kier alpha value is -2.29. The molecule has 0 saturated carbocycles. The summed E-state index contributed by atoms with van der Waals surface area (Å²) in [6, 6.07) is 12.6. The van der Waals surface area contributed by atoms with Crippen molar-refractivity contribution in [3.63, 3.8) is 0 Å². The van der Waals surface area contributed by atoms with Gasteiger partial charge in [0.05, 0.1) is 4.91 Å². The molecule has 1 fully saturated rings. The molecule has 0 aliphatic carbocycles. The SMILES string of the molecule is NC(=O)CN1C(=O)S/C(=C\c2cc(Br)ccc2OCc2ccc(Cl)cc2)C1=O. The lowest BCUT2D eigenvalue weighted by atomic mass is 10.1. The third kappa shape index (κ3) is 4.95. The van der Waals surface area contributed by atoms with Crippen LogP contribution in [0.15, 0.2) is 51.8 Å². The Morgan fingerprint density at radius 1 is 1.21 bits per heavy atom. The highest BCUT2D eigenvalue weighted by Gasteiger charge is 2.36. The lowest BCUT2D eigenvalue weighted by Crippen LogP contribution is -2.36. The van der Waals surface area contributed by atoms with Crippen LogP contribution in [0.2, 0.25) is 5.02 Å². The van der Waals surface area contributed by atoms with Crippen molar-refractivity contribution in [2.24, 2.45) is 5.73 Å². The number of hydrogen-bond acceptors (Lipinski definition) is 5. The van der Waals surface area contributed by atoms with Gasteiger partial charge >= 0.3 is 0 Å². The van der Waals surface area contributed by atoms with Crippen molar-refractivity contribution in [3.8, 4) is 5.75 Å². The molecule has 3 rings (SSSR count). The Morgan fingerprint density at radius 3 is 2.61 bits per heavy atom. The summed E-state index contributed by atoms with van der Waals surface area (Å²) in [6.07, 6.45) is 1.56. The number of imide groups is 1. The highest BCUT2D eigenvalue weighted by Crippen LogP contribution is 2.35. The first-order valence-corrected chi connectivity index (χ1v) is 10.0. The molecule has 0 bridgehead atoms. The fourth-order valence-corrected chi connectivity index (χ4v) is 3.77. The summed E-state index contributed by atoms with van der Waals surface area (Å²) in [7, 11) is 0. The van der Waals surface area contributed by atoms with Gasteiger partial charge in [-0.15, -0.1) is 0 Å². The predicted molar refractivity (Wildman–Crippen MR) is 112 cm³/mol. The van der Waals surface area contributed by atoms with Gasteiger partial charge in [0.15, 0.2) is 0 Å². The number of carbonyl (C=O) groups excluding carboxylic acids is 3. The monoisotopic (exact) mass is 480 g/mol. The van der Waals surface area contributed by atoms with Crippen LogP contribution in [0, 0.1) is 0 Å². The van der Waals surface area contributed by atoms with Gasteiger partial charge in [0.25, 0.3) is 11.1 Å². The highest BCUT2D eigenvalue weighted by atomic mass is 79.9. The smallest absolute Gasteiger partial charge is 0.294 e. The minimum Gasteiger partial charge on any atom is -0.488 e. The molecule has 1 saturated heterocycles. The maximum absolute atomic E-state index is 12.4. The molecule has 0 unspecified atom stereocenters. The van der Waals surface area contributed by atoms with E-state index in [4.69, 9.17) is 22.1 Å². The molecule has 0 spiro atoms. The first-order valence-electron chi connectivity index (χ1n) is 8.04. The molecule has 3 amide bonds. The molecule has 1 aliphatic rings. The number of benzene rings is 2. The number of nitrogens with two attached hydrogens (primary N) is 1. The number of ether oxygens (including phenoxy) is 1.